The van der Waals surface area contributed by atoms with Crippen molar-refractivity contribution < 1.29 is 32.3 Å². The number of pyridine rings is 1. The molecule has 0 aliphatic rings. The molecule has 3 rings (SSSR count). The summed E-state index contributed by atoms with van der Waals surface area (Å²) in [4.78, 5) is 39.5. The Morgan fingerprint density at radius 3 is 2.19 bits per heavy atom. The first-order chi connectivity index (χ1) is 17.1. The highest BCUT2D eigenvalue weighted by molar-refractivity contribution is 6.00. The Labute approximate surface area is 204 Å². The van der Waals surface area contributed by atoms with E-state index in [1.165, 1.54) is 44.4 Å². The molecule has 1 aromatic heterocycles. The SMILES string of the molecule is CCC(=O)Nc1ccc(NC(=O)Nc2ccc(Oc3ccnc(C(=O)NC)c3)cc2)cc1C(F)(F)F. The van der Waals surface area contributed by atoms with Crippen LogP contribution in [0.25, 0.3) is 0 Å². The van der Waals surface area contributed by atoms with Crippen LogP contribution in [0, 0.1) is 0 Å². The number of amides is 4. The Balaban J connectivity index is 1.65. The van der Waals surface area contributed by atoms with Crippen LogP contribution in [0.3, 0.4) is 0 Å². The zero-order valence-electron chi connectivity index (χ0n) is 19.2. The Hall–Kier alpha value is -4.61. The molecule has 4 N–H and O–H groups in total. The van der Waals surface area contributed by atoms with Gasteiger partial charge in [0.2, 0.25) is 5.91 Å². The minimum atomic E-state index is -4.74. The molecule has 0 atom stereocenters. The van der Waals surface area contributed by atoms with Gasteiger partial charge < -0.3 is 26.0 Å². The minimum absolute atomic E-state index is 0.0170. The molecule has 1 heterocycles. The van der Waals surface area contributed by atoms with Crippen LogP contribution in [0.1, 0.15) is 29.4 Å². The molecule has 0 saturated heterocycles. The van der Waals surface area contributed by atoms with Crippen molar-refractivity contribution in [1.82, 2.24) is 10.3 Å². The van der Waals surface area contributed by atoms with Gasteiger partial charge in [-0.15, -0.1) is 0 Å². The van der Waals surface area contributed by atoms with Gasteiger partial charge in [-0.25, -0.2) is 4.79 Å². The Morgan fingerprint density at radius 1 is 0.889 bits per heavy atom. The summed E-state index contributed by atoms with van der Waals surface area (Å²) in [5.74, 6) is -0.147. The molecule has 0 aliphatic heterocycles. The fraction of sp³-hybridized carbons (Fsp3) is 0.167. The second kappa shape index (κ2) is 11.2. The number of hydrogen-bond donors (Lipinski definition) is 4. The van der Waals surface area contributed by atoms with Gasteiger partial charge in [-0.05, 0) is 48.5 Å². The molecule has 9 nitrogen and oxygen atoms in total. The summed E-state index contributed by atoms with van der Waals surface area (Å²) in [7, 11) is 1.48. The molecule has 2 aromatic carbocycles. The van der Waals surface area contributed by atoms with Crippen molar-refractivity contribution >= 4 is 34.9 Å². The third-order valence-corrected chi connectivity index (χ3v) is 4.72. The molecule has 36 heavy (non-hydrogen) atoms. The topological polar surface area (TPSA) is 121 Å². The molecule has 0 aliphatic carbocycles. The van der Waals surface area contributed by atoms with E-state index in [9.17, 15) is 27.6 Å². The fourth-order valence-electron chi connectivity index (χ4n) is 2.97. The number of rotatable bonds is 7. The van der Waals surface area contributed by atoms with E-state index in [1.54, 1.807) is 18.2 Å². The number of aromatic nitrogens is 1. The van der Waals surface area contributed by atoms with E-state index in [1.807, 2.05) is 0 Å². The smallest absolute Gasteiger partial charge is 0.418 e. The molecular formula is C24H22F3N5O4. The molecule has 3 aromatic rings. The lowest BCUT2D eigenvalue weighted by atomic mass is 10.1. The maximum Gasteiger partial charge on any atom is 0.418 e. The summed E-state index contributed by atoms with van der Waals surface area (Å²) in [5, 5.41) is 9.50. The van der Waals surface area contributed by atoms with E-state index in [2.05, 4.69) is 26.3 Å². The normalized spacial score (nSPS) is 10.8. The van der Waals surface area contributed by atoms with Crippen LogP contribution in [-0.2, 0) is 11.0 Å². The van der Waals surface area contributed by atoms with Gasteiger partial charge in [0.1, 0.15) is 17.2 Å². The largest absolute Gasteiger partial charge is 0.457 e. The van der Waals surface area contributed by atoms with Crippen molar-refractivity contribution in [3.05, 3.63) is 72.1 Å². The number of halogens is 3. The van der Waals surface area contributed by atoms with Gasteiger partial charge in [-0.2, -0.15) is 13.2 Å². The van der Waals surface area contributed by atoms with E-state index in [0.717, 1.165) is 12.1 Å². The summed E-state index contributed by atoms with van der Waals surface area (Å²) >= 11 is 0. The van der Waals surface area contributed by atoms with Gasteiger partial charge in [-0.3, -0.25) is 14.6 Å². The second-order valence-corrected chi connectivity index (χ2v) is 7.32. The first-order valence-electron chi connectivity index (χ1n) is 10.6. The molecule has 12 heteroatoms. The van der Waals surface area contributed by atoms with E-state index >= 15 is 0 Å². The molecule has 188 valence electrons. The predicted octanol–water partition coefficient (Wildman–Crippen LogP) is 5.24. The number of ether oxygens (including phenoxy) is 1. The average molecular weight is 501 g/mol. The lowest BCUT2D eigenvalue weighted by Crippen LogP contribution is -2.20. The van der Waals surface area contributed by atoms with Crippen LogP contribution in [0.4, 0.5) is 35.0 Å². The second-order valence-electron chi connectivity index (χ2n) is 7.32. The molecule has 0 saturated carbocycles. The van der Waals surface area contributed by atoms with Crippen molar-refractivity contribution in [2.24, 2.45) is 0 Å². The van der Waals surface area contributed by atoms with Crippen molar-refractivity contribution in [3.8, 4) is 11.5 Å². The summed E-state index contributed by atoms with van der Waals surface area (Å²) in [6.45, 7) is 1.52. The monoisotopic (exact) mass is 501 g/mol. The van der Waals surface area contributed by atoms with Crippen LogP contribution in [0.2, 0.25) is 0 Å². The molecule has 0 spiro atoms. The number of alkyl halides is 3. The number of carbonyl (C=O) groups excluding carboxylic acids is 3. The van der Waals surface area contributed by atoms with Crippen molar-refractivity contribution in [2.75, 3.05) is 23.0 Å². The molecule has 0 bridgehead atoms. The Morgan fingerprint density at radius 2 is 1.56 bits per heavy atom. The van der Waals surface area contributed by atoms with E-state index in [-0.39, 0.29) is 23.7 Å². The number of anilines is 3. The lowest BCUT2D eigenvalue weighted by Gasteiger charge is -2.16. The van der Waals surface area contributed by atoms with Gasteiger partial charge >= 0.3 is 12.2 Å². The zero-order chi connectivity index (χ0) is 26.3. The summed E-state index contributed by atoms with van der Waals surface area (Å²) in [5.41, 5.74) is -1.06. The van der Waals surface area contributed by atoms with Gasteiger partial charge in [-0.1, -0.05) is 6.92 Å². The molecule has 0 fully saturated rings. The first kappa shape index (κ1) is 26.0. The summed E-state index contributed by atoms with van der Waals surface area (Å²) in [6, 6.07) is 11.5. The number of nitrogens with one attached hydrogen (secondary N) is 4. The van der Waals surface area contributed by atoms with Gasteiger partial charge in [0.05, 0.1) is 11.3 Å². The average Bonchev–Trinajstić information content (AvgIpc) is 2.85. The third kappa shape index (κ3) is 6.95. The molecule has 0 radical (unpaired) electrons. The van der Waals surface area contributed by atoms with Crippen LogP contribution >= 0.6 is 0 Å². The van der Waals surface area contributed by atoms with E-state index in [0.29, 0.717) is 17.2 Å². The predicted molar refractivity (Wildman–Crippen MR) is 127 cm³/mol. The van der Waals surface area contributed by atoms with Crippen molar-refractivity contribution in [2.45, 2.75) is 19.5 Å². The van der Waals surface area contributed by atoms with E-state index in [4.69, 9.17) is 4.74 Å². The van der Waals surface area contributed by atoms with Crippen LogP contribution < -0.4 is 26.0 Å². The van der Waals surface area contributed by atoms with E-state index < -0.39 is 29.4 Å². The lowest BCUT2D eigenvalue weighted by molar-refractivity contribution is -0.136. The zero-order valence-corrected chi connectivity index (χ0v) is 19.2. The van der Waals surface area contributed by atoms with Gasteiger partial charge in [0, 0.05) is 37.1 Å². The molecule has 0 unspecified atom stereocenters. The Kier molecular flexibility index (Phi) is 8.10. The third-order valence-electron chi connectivity index (χ3n) is 4.72. The number of nitrogens with zero attached hydrogens (tertiary/aromatic N) is 1. The van der Waals surface area contributed by atoms with Crippen LogP contribution in [0.15, 0.2) is 60.8 Å². The van der Waals surface area contributed by atoms with Crippen molar-refractivity contribution in [3.63, 3.8) is 0 Å². The molecular weight excluding hydrogens is 479 g/mol. The standard InChI is InChI=1S/C24H22F3N5O4/c1-3-21(33)32-19-9-6-15(12-18(19)24(25,26)27)31-23(35)30-14-4-7-16(8-5-14)36-17-10-11-29-20(13-17)22(34)28-2/h4-13H,3H2,1-2H3,(H,28,34)(H,32,33)(H2,30,31,35). The maximum atomic E-state index is 13.4. The fourth-order valence-corrected chi connectivity index (χ4v) is 2.97. The summed E-state index contributed by atoms with van der Waals surface area (Å²) in [6.07, 6.45) is -3.30. The highest BCUT2D eigenvalue weighted by Crippen LogP contribution is 2.36. The van der Waals surface area contributed by atoms with Crippen molar-refractivity contribution in [1.29, 1.82) is 0 Å². The number of benzene rings is 2. The number of carbonyl (C=O) groups is 3. The van der Waals surface area contributed by atoms with Crippen LogP contribution in [0.5, 0.6) is 11.5 Å². The highest BCUT2D eigenvalue weighted by atomic mass is 19.4. The summed E-state index contributed by atoms with van der Waals surface area (Å²) < 4.78 is 46.0. The highest BCUT2D eigenvalue weighted by Gasteiger charge is 2.34. The minimum Gasteiger partial charge on any atom is -0.457 e. The first-order valence-corrected chi connectivity index (χ1v) is 10.6. The van der Waals surface area contributed by atoms with Gasteiger partial charge in [0.25, 0.3) is 5.91 Å². The molecule has 4 amide bonds. The maximum absolute atomic E-state index is 13.4. The number of hydrogen-bond acceptors (Lipinski definition) is 5. The van der Waals surface area contributed by atoms with Gasteiger partial charge in [0.15, 0.2) is 0 Å². The Bertz CT molecular complexity index is 1260. The quantitative estimate of drug-likeness (QED) is 0.353. The van der Waals surface area contributed by atoms with Crippen LogP contribution in [-0.4, -0.2) is 29.9 Å². The number of urea groups is 1.